The van der Waals surface area contributed by atoms with E-state index in [1.165, 1.54) is 0 Å². The van der Waals surface area contributed by atoms with Gasteiger partial charge in [0.2, 0.25) is 0 Å². The van der Waals surface area contributed by atoms with Gasteiger partial charge in [-0.2, -0.15) is 0 Å². The van der Waals surface area contributed by atoms with Crippen LogP contribution in [0.4, 0.5) is 0 Å². The van der Waals surface area contributed by atoms with Crippen LogP contribution in [0.1, 0.15) is 42.1 Å². The summed E-state index contributed by atoms with van der Waals surface area (Å²) >= 11 is 11.6. The summed E-state index contributed by atoms with van der Waals surface area (Å²) in [7, 11) is 0. The predicted molar refractivity (Wildman–Crippen MR) is 69.7 cm³/mol. The second kappa shape index (κ2) is 6.93. The van der Waals surface area contributed by atoms with Crippen LogP contribution in [0, 0.1) is 0 Å². The number of carbonyl (C=O) groups excluding carboxylic acids is 1. The molecule has 0 saturated heterocycles. The van der Waals surface area contributed by atoms with E-state index in [0.29, 0.717) is 12.3 Å². The average molecular weight is 259 g/mol. The molecule has 16 heavy (non-hydrogen) atoms. The highest BCUT2D eigenvalue weighted by Crippen LogP contribution is 2.19. The van der Waals surface area contributed by atoms with E-state index in [1.54, 1.807) is 12.1 Å². The first kappa shape index (κ1) is 13.5. The number of Topliss-reactive ketones (excluding diaryl/α,β-unsaturated/α-hetero) is 1. The summed E-state index contributed by atoms with van der Waals surface area (Å²) in [6, 6.07) is 5.49. The summed E-state index contributed by atoms with van der Waals surface area (Å²) in [5.74, 6) is 0.796. The van der Waals surface area contributed by atoms with Gasteiger partial charge < -0.3 is 0 Å². The zero-order valence-corrected chi connectivity index (χ0v) is 10.9. The third kappa shape index (κ3) is 3.80. The second-order valence-electron chi connectivity index (χ2n) is 3.73. The van der Waals surface area contributed by atoms with Crippen molar-refractivity contribution in [3.8, 4) is 0 Å². The molecule has 1 aromatic rings. The molecule has 0 radical (unpaired) electrons. The number of ketones is 1. The molecule has 0 aliphatic carbocycles. The Kier molecular flexibility index (Phi) is 5.86. The molecule has 1 rings (SSSR count). The maximum absolute atomic E-state index is 11.8. The monoisotopic (exact) mass is 258 g/mol. The van der Waals surface area contributed by atoms with Crippen molar-refractivity contribution in [1.29, 1.82) is 0 Å². The molecular weight excluding hydrogens is 243 g/mol. The molecule has 0 amide bonds. The topological polar surface area (TPSA) is 17.1 Å². The van der Waals surface area contributed by atoms with Crippen molar-refractivity contribution in [1.82, 2.24) is 0 Å². The van der Waals surface area contributed by atoms with Crippen molar-refractivity contribution in [2.75, 3.05) is 5.88 Å². The molecule has 0 heterocycles. The van der Waals surface area contributed by atoms with Crippen LogP contribution < -0.4 is 0 Å². The summed E-state index contributed by atoms with van der Waals surface area (Å²) in [5, 5.41) is 0.736. The van der Waals surface area contributed by atoms with E-state index in [9.17, 15) is 4.79 Å². The Hall–Kier alpha value is -0.530. The van der Waals surface area contributed by atoms with Gasteiger partial charge in [-0.25, -0.2) is 0 Å². The fourth-order valence-electron chi connectivity index (χ4n) is 1.54. The molecule has 0 aliphatic rings. The van der Waals surface area contributed by atoms with Gasteiger partial charge in [0, 0.05) is 22.9 Å². The van der Waals surface area contributed by atoms with Gasteiger partial charge in [-0.1, -0.05) is 18.5 Å². The molecule has 88 valence electrons. The highest BCUT2D eigenvalue weighted by atomic mass is 35.5. The number of alkyl halides is 1. The van der Waals surface area contributed by atoms with E-state index < -0.39 is 0 Å². The number of halogens is 2. The molecule has 0 bridgehead atoms. The molecule has 0 aromatic heterocycles. The fourth-order valence-corrected chi connectivity index (χ4v) is 1.98. The van der Waals surface area contributed by atoms with E-state index in [4.69, 9.17) is 23.2 Å². The first-order valence-corrected chi connectivity index (χ1v) is 6.48. The zero-order valence-electron chi connectivity index (χ0n) is 9.43. The van der Waals surface area contributed by atoms with E-state index >= 15 is 0 Å². The summed E-state index contributed by atoms with van der Waals surface area (Å²) in [6.07, 6.45) is 3.16. The number of unbranched alkanes of at least 4 members (excludes halogenated alkanes) is 1. The Bertz CT molecular complexity index is 361. The van der Waals surface area contributed by atoms with Gasteiger partial charge >= 0.3 is 0 Å². The predicted octanol–water partition coefficient (Wildman–Crippen LogP) is 4.49. The highest BCUT2D eigenvalue weighted by molar-refractivity contribution is 6.31. The molecule has 0 aliphatic heterocycles. The van der Waals surface area contributed by atoms with Crippen LogP contribution in [0.3, 0.4) is 0 Å². The average Bonchev–Trinajstić information content (AvgIpc) is 2.30. The van der Waals surface area contributed by atoms with Crippen LogP contribution in [0.25, 0.3) is 0 Å². The lowest BCUT2D eigenvalue weighted by Gasteiger charge is -2.05. The van der Waals surface area contributed by atoms with Crippen molar-refractivity contribution in [3.05, 3.63) is 34.3 Å². The van der Waals surface area contributed by atoms with Crippen molar-refractivity contribution in [2.24, 2.45) is 0 Å². The largest absolute Gasteiger partial charge is 0.294 e. The molecule has 0 N–H and O–H groups in total. The van der Waals surface area contributed by atoms with Crippen LogP contribution in [-0.2, 0) is 6.42 Å². The second-order valence-corrected chi connectivity index (χ2v) is 4.51. The molecule has 0 fully saturated rings. The minimum atomic E-state index is 0.177. The lowest BCUT2D eigenvalue weighted by atomic mass is 10.0. The Labute approximate surface area is 107 Å². The Morgan fingerprint density at radius 3 is 2.69 bits per heavy atom. The maximum atomic E-state index is 11.8. The maximum Gasteiger partial charge on any atom is 0.162 e. The van der Waals surface area contributed by atoms with E-state index in [0.717, 1.165) is 35.4 Å². The minimum absolute atomic E-state index is 0.177. The summed E-state index contributed by atoms with van der Waals surface area (Å²) in [4.78, 5) is 11.8. The van der Waals surface area contributed by atoms with Gasteiger partial charge in [0.05, 0.1) is 0 Å². The number of rotatable bonds is 6. The Balaban J connectivity index is 2.68. The number of aryl methyl sites for hydroxylation is 1. The number of carbonyl (C=O) groups is 1. The molecule has 3 heteroatoms. The van der Waals surface area contributed by atoms with Crippen LogP contribution in [0.2, 0.25) is 5.02 Å². The van der Waals surface area contributed by atoms with Gasteiger partial charge in [0.1, 0.15) is 0 Å². The number of benzene rings is 1. The molecule has 0 saturated carbocycles. The van der Waals surface area contributed by atoms with Crippen molar-refractivity contribution >= 4 is 29.0 Å². The van der Waals surface area contributed by atoms with Crippen molar-refractivity contribution in [2.45, 2.75) is 32.6 Å². The smallest absolute Gasteiger partial charge is 0.162 e. The van der Waals surface area contributed by atoms with Crippen molar-refractivity contribution in [3.63, 3.8) is 0 Å². The first-order chi connectivity index (χ1) is 7.69. The van der Waals surface area contributed by atoms with E-state index in [-0.39, 0.29) is 5.78 Å². The molecule has 1 nitrogen and oxygen atoms in total. The van der Waals surface area contributed by atoms with Gasteiger partial charge in [0.15, 0.2) is 5.78 Å². The summed E-state index contributed by atoms with van der Waals surface area (Å²) < 4.78 is 0. The number of hydrogen-bond acceptors (Lipinski definition) is 1. The summed E-state index contributed by atoms with van der Waals surface area (Å²) in [6.45, 7) is 2.03. The molecule has 0 spiro atoms. The van der Waals surface area contributed by atoms with Crippen molar-refractivity contribution < 1.29 is 4.79 Å². The Morgan fingerprint density at radius 2 is 2.06 bits per heavy atom. The molecule has 1 aromatic carbocycles. The van der Waals surface area contributed by atoms with Gasteiger partial charge in [0.25, 0.3) is 0 Å². The van der Waals surface area contributed by atoms with Crippen LogP contribution in [-0.4, -0.2) is 11.7 Å². The first-order valence-electron chi connectivity index (χ1n) is 5.56. The van der Waals surface area contributed by atoms with Gasteiger partial charge in [-0.3, -0.25) is 4.79 Å². The third-order valence-electron chi connectivity index (χ3n) is 2.54. The lowest BCUT2D eigenvalue weighted by molar-refractivity contribution is 0.0980. The molecule has 0 atom stereocenters. The number of hydrogen-bond donors (Lipinski definition) is 0. The highest BCUT2D eigenvalue weighted by Gasteiger charge is 2.07. The fraction of sp³-hybridized carbons (Fsp3) is 0.462. The molecule has 0 unspecified atom stereocenters. The standard InChI is InChI=1S/C13H16Cl2O/c1-2-10-9-11(6-7-12(10)15)13(16)5-3-4-8-14/h6-7,9H,2-5,8H2,1H3. The SMILES string of the molecule is CCc1cc(C(=O)CCCCCl)ccc1Cl. The van der Waals surface area contributed by atoms with Crippen LogP contribution in [0.15, 0.2) is 18.2 Å². The normalized spacial score (nSPS) is 10.4. The van der Waals surface area contributed by atoms with Crippen LogP contribution >= 0.6 is 23.2 Å². The van der Waals surface area contributed by atoms with E-state index in [2.05, 4.69) is 0 Å². The van der Waals surface area contributed by atoms with Gasteiger partial charge in [-0.15, -0.1) is 11.6 Å². The Morgan fingerprint density at radius 1 is 1.31 bits per heavy atom. The molecular formula is C13H16Cl2O. The van der Waals surface area contributed by atoms with Gasteiger partial charge in [-0.05, 0) is 43.0 Å². The lowest BCUT2D eigenvalue weighted by Crippen LogP contribution is -2.00. The van der Waals surface area contributed by atoms with E-state index in [1.807, 2.05) is 13.0 Å². The minimum Gasteiger partial charge on any atom is -0.294 e. The quantitative estimate of drug-likeness (QED) is 0.418. The third-order valence-corrected chi connectivity index (χ3v) is 3.17. The zero-order chi connectivity index (χ0) is 12.0. The van der Waals surface area contributed by atoms with Crippen LogP contribution in [0.5, 0.6) is 0 Å². The summed E-state index contributed by atoms with van der Waals surface area (Å²) in [5.41, 5.74) is 1.79.